The first-order valence-corrected chi connectivity index (χ1v) is 8.32. The number of likely N-dealkylation sites (N-methyl/N-ethyl adjacent to an activating group) is 1. The van der Waals surface area contributed by atoms with E-state index in [1.807, 2.05) is 0 Å². The van der Waals surface area contributed by atoms with E-state index in [-0.39, 0.29) is 12.0 Å². The number of carbonyl (C=O) groups excluding carboxylic acids is 1. The Morgan fingerprint density at radius 1 is 1.24 bits per heavy atom. The van der Waals surface area contributed by atoms with E-state index in [1.54, 1.807) is 0 Å². The van der Waals surface area contributed by atoms with Gasteiger partial charge in [0.25, 0.3) is 0 Å². The van der Waals surface area contributed by atoms with Crippen molar-refractivity contribution in [3.05, 3.63) is 0 Å². The molecule has 2 aliphatic rings. The summed E-state index contributed by atoms with van der Waals surface area (Å²) in [5.74, 6) is 0.341. The summed E-state index contributed by atoms with van der Waals surface area (Å²) in [4.78, 5) is 17.4. The minimum absolute atomic E-state index is 0.0865. The smallest absolute Gasteiger partial charge is 0.327 e. The Bertz CT molecular complexity index is 349. The van der Waals surface area contributed by atoms with E-state index in [2.05, 4.69) is 35.9 Å². The molecule has 1 N–H and O–H groups in total. The lowest BCUT2D eigenvalue weighted by Gasteiger charge is -2.41. The molecule has 2 fully saturated rings. The van der Waals surface area contributed by atoms with Crippen molar-refractivity contribution in [1.82, 2.24) is 15.1 Å². The zero-order valence-corrected chi connectivity index (χ0v) is 14.0. The van der Waals surface area contributed by atoms with Gasteiger partial charge in [0.2, 0.25) is 0 Å². The van der Waals surface area contributed by atoms with Gasteiger partial charge in [-0.1, -0.05) is 6.92 Å². The van der Waals surface area contributed by atoms with Crippen molar-refractivity contribution in [3.63, 3.8) is 0 Å². The van der Waals surface area contributed by atoms with Crippen molar-refractivity contribution in [2.45, 2.75) is 45.2 Å². The van der Waals surface area contributed by atoms with Crippen LogP contribution in [-0.2, 0) is 9.53 Å². The van der Waals surface area contributed by atoms with Gasteiger partial charge in [-0.25, -0.2) is 4.79 Å². The fourth-order valence-electron chi connectivity index (χ4n) is 3.47. The normalized spacial score (nSPS) is 24.0. The largest absolute Gasteiger partial charge is 0.468 e. The molecule has 21 heavy (non-hydrogen) atoms. The van der Waals surface area contributed by atoms with Gasteiger partial charge in [-0.05, 0) is 39.2 Å². The standard InChI is InChI=1S/C16H31N3O2/c1-5-18-8-10-19(11-9-18)12-16(14-6-7-14,15(20)21-4)17-13(2)3/h13-14,17H,5-12H2,1-4H3. The number of piperazine rings is 1. The summed E-state index contributed by atoms with van der Waals surface area (Å²) in [6, 6.07) is 0.279. The molecule has 5 nitrogen and oxygen atoms in total. The fourth-order valence-corrected chi connectivity index (χ4v) is 3.47. The molecule has 1 unspecified atom stereocenters. The molecule has 1 heterocycles. The zero-order valence-electron chi connectivity index (χ0n) is 14.0. The molecule has 5 heteroatoms. The molecule has 1 atom stereocenters. The minimum Gasteiger partial charge on any atom is -0.468 e. The van der Waals surface area contributed by atoms with Crippen LogP contribution in [0.4, 0.5) is 0 Å². The number of nitrogens with one attached hydrogen (secondary N) is 1. The highest BCUT2D eigenvalue weighted by Gasteiger charge is 2.53. The fraction of sp³-hybridized carbons (Fsp3) is 0.938. The van der Waals surface area contributed by atoms with Gasteiger partial charge in [-0.2, -0.15) is 0 Å². The molecule has 1 aliphatic heterocycles. The molecule has 0 amide bonds. The van der Waals surface area contributed by atoms with Crippen LogP contribution in [-0.4, -0.2) is 73.7 Å². The lowest BCUT2D eigenvalue weighted by atomic mass is 9.90. The summed E-state index contributed by atoms with van der Waals surface area (Å²) < 4.78 is 5.16. The summed E-state index contributed by atoms with van der Waals surface area (Å²) in [5, 5.41) is 3.55. The monoisotopic (exact) mass is 297 g/mol. The van der Waals surface area contributed by atoms with Crippen LogP contribution in [0.3, 0.4) is 0 Å². The molecule has 0 spiro atoms. The van der Waals surface area contributed by atoms with Gasteiger partial charge in [0.05, 0.1) is 7.11 Å². The molecular weight excluding hydrogens is 266 g/mol. The second kappa shape index (κ2) is 7.07. The number of carbonyl (C=O) groups is 1. The Morgan fingerprint density at radius 2 is 1.81 bits per heavy atom. The van der Waals surface area contributed by atoms with Crippen LogP contribution in [0, 0.1) is 5.92 Å². The summed E-state index contributed by atoms with van der Waals surface area (Å²) in [5.41, 5.74) is -0.517. The molecule has 1 saturated carbocycles. The maximum Gasteiger partial charge on any atom is 0.327 e. The van der Waals surface area contributed by atoms with Gasteiger partial charge in [0, 0.05) is 38.8 Å². The number of ether oxygens (including phenoxy) is 1. The summed E-state index contributed by atoms with van der Waals surface area (Å²) in [6.45, 7) is 12.6. The van der Waals surface area contributed by atoms with Crippen molar-refractivity contribution < 1.29 is 9.53 Å². The molecular formula is C16H31N3O2. The molecule has 0 aromatic carbocycles. The number of rotatable bonds is 7. The number of hydrogen-bond acceptors (Lipinski definition) is 5. The van der Waals surface area contributed by atoms with Crippen molar-refractivity contribution in [2.24, 2.45) is 5.92 Å². The lowest BCUT2D eigenvalue weighted by molar-refractivity contribution is -0.151. The van der Waals surface area contributed by atoms with Gasteiger partial charge < -0.3 is 9.64 Å². The lowest BCUT2D eigenvalue weighted by Crippen LogP contribution is -2.64. The first-order valence-electron chi connectivity index (χ1n) is 8.32. The highest BCUT2D eigenvalue weighted by Crippen LogP contribution is 2.41. The second-order valence-corrected chi connectivity index (χ2v) is 6.75. The Balaban J connectivity index is 2.06. The van der Waals surface area contributed by atoms with E-state index in [1.165, 1.54) is 7.11 Å². The maximum atomic E-state index is 12.5. The van der Waals surface area contributed by atoms with Gasteiger partial charge in [0.15, 0.2) is 0 Å². The van der Waals surface area contributed by atoms with Crippen molar-refractivity contribution in [3.8, 4) is 0 Å². The van der Waals surface area contributed by atoms with Crippen LogP contribution in [0.1, 0.15) is 33.6 Å². The van der Waals surface area contributed by atoms with Crippen molar-refractivity contribution in [1.29, 1.82) is 0 Å². The molecule has 1 saturated heterocycles. The SMILES string of the molecule is CCN1CCN(CC(NC(C)C)(C(=O)OC)C2CC2)CC1. The molecule has 1 aliphatic carbocycles. The predicted molar refractivity (Wildman–Crippen MR) is 84.3 cm³/mol. The second-order valence-electron chi connectivity index (χ2n) is 6.75. The molecule has 2 rings (SSSR count). The molecule has 0 radical (unpaired) electrons. The highest BCUT2D eigenvalue weighted by atomic mass is 16.5. The topological polar surface area (TPSA) is 44.8 Å². The van der Waals surface area contributed by atoms with E-state index >= 15 is 0 Å². The van der Waals surface area contributed by atoms with E-state index in [9.17, 15) is 4.79 Å². The number of hydrogen-bond donors (Lipinski definition) is 1. The Hall–Kier alpha value is -0.650. The molecule has 122 valence electrons. The van der Waals surface area contributed by atoms with Gasteiger partial charge in [-0.3, -0.25) is 10.2 Å². The summed E-state index contributed by atoms with van der Waals surface area (Å²) >= 11 is 0. The van der Waals surface area contributed by atoms with Gasteiger partial charge in [-0.15, -0.1) is 0 Å². The van der Waals surface area contributed by atoms with Crippen LogP contribution in [0.25, 0.3) is 0 Å². The first kappa shape index (κ1) is 16.7. The number of methoxy groups -OCH3 is 1. The summed E-state index contributed by atoms with van der Waals surface area (Å²) in [6.07, 6.45) is 2.26. The van der Waals surface area contributed by atoms with E-state index < -0.39 is 5.54 Å². The zero-order chi connectivity index (χ0) is 15.5. The van der Waals surface area contributed by atoms with Gasteiger partial charge >= 0.3 is 5.97 Å². The number of esters is 1. The Kier molecular flexibility index (Phi) is 5.63. The van der Waals surface area contributed by atoms with Gasteiger partial charge in [0.1, 0.15) is 5.54 Å². The summed E-state index contributed by atoms with van der Waals surface area (Å²) in [7, 11) is 1.51. The average molecular weight is 297 g/mol. The van der Waals surface area contributed by atoms with Crippen molar-refractivity contribution in [2.75, 3.05) is 46.4 Å². The van der Waals surface area contributed by atoms with E-state index in [0.717, 1.165) is 52.1 Å². The van der Waals surface area contributed by atoms with Crippen LogP contribution in [0.2, 0.25) is 0 Å². The van der Waals surface area contributed by atoms with E-state index in [0.29, 0.717) is 5.92 Å². The van der Waals surface area contributed by atoms with E-state index in [4.69, 9.17) is 4.74 Å². The third-order valence-electron chi connectivity index (χ3n) is 4.76. The Labute approximate surface area is 129 Å². The van der Waals surface area contributed by atoms with Crippen LogP contribution in [0.15, 0.2) is 0 Å². The van der Waals surface area contributed by atoms with Crippen LogP contribution >= 0.6 is 0 Å². The molecule has 0 aromatic heterocycles. The average Bonchev–Trinajstić information content (AvgIpc) is 3.30. The minimum atomic E-state index is -0.517. The Morgan fingerprint density at radius 3 is 2.24 bits per heavy atom. The maximum absolute atomic E-state index is 12.5. The highest BCUT2D eigenvalue weighted by molar-refractivity contribution is 5.82. The number of nitrogens with zero attached hydrogens (tertiary/aromatic N) is 2. The van der Waals surface area contributed by atoms with Crippen LogP contribution in [0.5, 0.6) is 0 Å². The quantitative estimate of drug-likeness (QED) is 0.709. The third kappa shape index (κ3) is 3.96. The first-order chi connectivity index (χ1) is 10.0. The van der Waals surface area contributed by atoms with Crippen LogP contribution < -0.4 is 5.32 Å². The molecule has 0 bridgehead atoms. The molecule has 0 aromatic rings. The predicted octanol–water partition coefficient (Wildman–Crippen LogP) is 0.944. The van der Waals surface area contributed by atoms with Crippen molar-refractivity contribution >= 4 is 5.97 Å². The third-order valence-corrected chi connectivity index (χ3v) is 4.76.